The molecule has 1 atom stereocenters. The zero-order valence-corrected chi connectivity index (χ0v) is 10.9. The first kappa shape index (κ1) is 14.7. The third-order valence-electron chi connectivity index (χ3n) is 2.91. The molecule has 104 valence electrons. The van der Waals surface area contributed by atoms with Crippen molar-refractivity contribution in [2.75, 3.05) is 46.9 Å². The normalized spacial score (nSPS) is 19.7. The SMILES string of the molecule is CNCCCN(C)C(=O)N1CCOCC1C(=O)O. The number of ether oxygens (including phenoxy) is 1. The molecule has 1 rings (SSSR count). The second kappa shape index (κ2) is 7.17. The zero-order valence-electron chi connectivity index (χ0n) is 10.9. The molecule has 1 heterocycles. The minimum Gasteiger partial charge on any atom is -0.480 e. The fraction of sp³-hybridized carbons (Fsp3) is 0.818. The van der Waals surface area contributed by atoms with Crippen LogP contribution in [-0.2, 0) is 9.53 Å². The van der Waals surface area contributed by atoms with Crippen molar-refractivity contribution in [1.29, 1.82) is 0 Å². The molecule has 1 fully saturated rings. The van der Waals surface area contributed by atoms with Crippen LogP contribution in [0.1, 0.15) is 6.42 Å². The summed E-state index contributed by atoms with van der Waals surface area (Å²) < 4.78 is 5.10. The van der Waals surface area contributed by atoms with Crippen LogP contribution in [0.3, 0.4) is 0 Å². The summed E-state index contributed by atoms with van der Waals surface area (Å²) in [6.45, 7) is 2.20. The smallest absolute Gasteiger partial charge is 0.328 e. The van der Waals surface area contributed by atoms with Crippen LogP contribution in [0.25, 0.3) is 0 Å². The number of urea groups is 1. The van der Waals surface area contributed by atoms with Gasteiger partial charge < -0.3 is 25.0 Å². The average molecular weight is 259 g/mol. The molecule has 0 bridgehead atoms. The average Bonchev–Trinajstić information content (AvgIpc) is 2.38. The van der Waals surface area contributed by atoms with Gasteiger partial charge in [-0.1, -0.05) is 0 Å². The fourth-order valence-corrected chi connectivity index (χ4v) is 1.85. The number of amides is 2. The first-order chi connectivity index (χ1) is 8.57. The molecule has 1 aliphatic heterocycles. The van der Waals surface area contributed by atoms with Crippen molar-refractivity contribution in [2.24, 2.45) is 0 Å². The van der Waals surface area contributed by atoms with E-state index in [1.54, 1.807) is 11.9 Å². The van der Waals surface area contributed by atoms with E-state index in [0.717, 1.165) is 13.0 Å². The Morgan fingerprint density at radius 1 is 1.56 bits per heavy atom. The molecule has 7 nitrogen and oxygen atoms in total. The van der Waals surface area contributed by atoms with E-state index in [-0.39, 0.29) is 12.6 Å². The lowest BCUT2D eigenvalue weighted by molar-refractivity contribution is -0.147. The van der Waals surface area contributed by atoms with Crippen LogP contribution < -0.4 is 5.32 Å². The van der Waals surface area contributed by atoms with Crippen LogP contribution in [0.5, 0.6) is 0 Å². The molecule has 1 saturated heterocycles. The van der Waals surface area contributed by atoms with E-state index >= 15 is 0 Å². The molecule has 2 N–H and O–H groups in total. The predicted octanol–water partition coefficient (Wildman–Crippen LogP) is -0.567. The summed E-state index contributed by atoms with van der Waals surface area (Å²) in [7, 11) is 3.54. The highest BCUT2D eigenvalue weighted by atomic mass is 16.5. The molecule has 0 aromatic rings. The molecule has 7 heteroatoms. The van der Waals surface area contributed by atoms with Gasteiger partial charge in [0.1, 0.15) is 0 Å². The highest BCUT2D eigenvalue weighted by Crippen LogP contribution is 2.10. The van der Waals surface area contributed by atoms with Gasteiger partial charge in [-0.2, -0.15) is 0 Å². The quantitative estimate of drug-likeness (QED) is 0.646. The van der Waals surface area contributed by atoms with Crippen LogP contribution in [0, 0.1) is 0 Å². The number of morpholine rings is 1. The molecule has 0 aliphatic carbocycles. The van der Waals surface area contributed by atoms with Crippen molar-refractivity contribution >= 4 is 12.0 Å². The molecule has 18 heavy (non-hydrogen) atoms. The van der Waals surface area contributed by atoms with Crippen molar-refractivity contribution in [3.05, 3.63) is 0 Å². The number of nitrogens with zero attached hydrogens (tertiary/aromatic N) is 2. The van der Waals surface area contributed by atoms with Gasteiger partial charge in [0.25, 0.3) is 0 Å². The van der Waals surface area contributed by atoms with Gasteiger partial charge in [-0.3, -0.25) is 0 Å². The summed E-state index contributed by atoms with van der Waals surface area (Å²) in [6, 6.07) is -1.13. The number of carboxylic acid groups (broad SMARTS) is 1. The second-order valence-corrected chi connectivity index (χ2v) is 4.28. The van der Waals surface area contributed by atoms with E-state index in [2.05, 4.69) is 5.32 Å². The molecule has 0 spiro atoms. The van der Waals surface area contributed by atoms with Gasteiger partial charge in [0.2, 0.25) is 0 Å². The number of rotatable bonds is 5. The Balaban J connectivity index is 2.54. The summed E-state index contributed by atoms with van der Waals surface area (Å²) in [4.78, 5) is 26.1. The van der Waals surface area contributed by atoms with Crippen LogP contribution in [0.15, 0.2) is 0 Å². The van der Waals surface area contributed by atoms with Crippen LogP contribution >= 0.6 is 0 Å². The van der Waals surface area contributed by atoms with Gasteiger partial charge in [-0.25, -0.2) is 9.59 Å². The maximum Gasteiger partial charge on any atom is 0.328 e. The Morgan fingerprint density at radius 3 is 2.89 bits per heavy atom. The van der Waals surface area contributed by atoms with Crippen molar-refractivity contribution in [1.82, 2.24) is 15.1 Å². The Bertz CT molecular complexity index is 298. The molecule has 0 radical (unpaired) electrons. The summed E-state index contributed by atoms with van der Waals surface area (Å²) >= 11 is 0. The number of hydrogen-bond acceptors (Lipinski definition) is 4. The maximum atomic E-state index is 12.1. The lowest BCUT2D eigenvalue weighted by atomic mass is 10.2. The first-order valence-corrected chi connectivity index (χ1v) is 6.04. The Morgan fingerprint density at radius 2 is 2.28 bits per heavy atom. The Labute approximate surface area is 107 Å². The Hall–Kier alpha value is -1.34. The minimum absolute atomic E-state index is 0.0609. The largest absolute Gasteiger partial charge is 0.480 e. The highest BCUT2D eigenvalue weighted by molar-refractivity contribution is 5.82. The van der Waals surface area contributed by atoms with E-state index in [9.17, 15) is 9.59 Å². The summed E-state index contributed by atoms with van der Waals surface area (Å²) in [5, 5.41) is 12.1. The number of carbonyl (C=O) groups is 2. The van der Waals surface area contributed by atoms with E-state index < -0.39 is 12.0 Å². The van der Waals surface area contributed by atoms with Gasteiger partial charge in [0, 0.05) is 20.1 Å². The highest BCUT2D eigenvalue weighted by Gasteiger charge is 2.33. The fourth-order valence-electron chi connectivity index (χ4n) is 1.85. The third-order valence-corrected chi connectivity index (χ3v) is 2.91. The third kappa shape index (κ3) is 3.85. The van der Waals surface area contributed by atoms with Crippen molar-refractivity contribution in [3.8, 4) is 0 Å². The predicted molar refractivity (Wildman–Crippen MR) is 65.5 cm³/mol. The van der Waals surface area contributed by atoms with Gasteiger partial charge in [-0.15, -0.1) is 0 Å². The van der Waals surface area contributed by atoms with Crippen LogP contribution in [0.4, 0.5) is 4.79 Å². The zero-order chi connectivity index (χ0) is 13.5. The van der Waals surface area contributed by atoms with Crippen LogP contribution in [-0.4, -0.2) is 79.9 Å². The van der Waals surface area contributed by atoms with Gasteiger partial charge in [-0.05, 0) is 20.0 Å². The van der Waals surface area contributed by atoms with Crippen LogP contribution in [0.2, 0.25) is 0 Å². The molecule has 0 aromatic heterocycles. The monoisotopic (exact) mass is 259 g/mol. The topological polar surface area (TPSA) is 82.1 Å². The van der Waals surface area contributed by atoms with E-state index in [1.165, 1.54) is 4.90 Å². The molecule has 1 unspecified atom stereocenters. The number of aliphatic carboxylic acids is 1. The summed E-state index contributed by atoms with van der Waals surface area (Å²) in [5.74, 6) is -1.02. The lowest BCUT2D eigenvalue weighted by Gasteiger charge is -2.35. The second-order valence-electron chi connectivity index (χ2n) is 4.28. The number of carboxylic acids is 1. The molecule has 2 amide bonds. The number of carbonyl (C=O) groups excluding carboxylic acids is 1. The molecule has 0 aromatic carbocycles. The van der Waals surface area contributed by atoms with Gasteiger partial charge in [0.05, 0.1) is 13.2 Å². The summed E-state index contributed by atoms with van der Waals surface area (Å²) in [5.41, 5.74) is 0. The summed E-state index contributed by atoms with van der Waals surface area (Å²) in [6.07, 6.45) is 0.834. The Kier molecular flexibility index (Phi) is 5.87. The van der Waals surface area contributed by atoms with E-state index in [1.807, 2.05) is 7.05 Å². The molecule has 0 saturated carbocycles. The van der Waals surface area contributed by atoms with Crippen molar-refractivity contribution in [2.45, 2.75) is 12.5 Å². The van der Waals surface area contributed by atoms with E-state index in [4.69, 9.17) is 9.84 Å². The van der Waals surface area contributed by atoms with Crippen molar-refractivity contribution in [3.63, 3.8) is 0 Å². The lowest BCUT2D eigenvalue weighted by Crippen LogP contribution is -2.56. The van der Waals surface area contributed by atoms with Crippen molar-refractivity contribution < 1.29 is 19.4 Å². The van der Waals surface area contributed by atoms with Gasteiger partial charge >= 0.3 is 12.0 Å². The number of nitrogens with one attached hydrogen (secondary N) is 1. The standard InChI is InChI=1S/C11H21N3O4/c1-12-4-3-5-13(2)11(17)14-6-7-18-8-9(14)10(15)16/h9,12H,3-8H2,1-2H3,(H,15,16). The maximum absolute atomic E-state index is 12.1. The van der Waals surface area contributed by atoms with Gasteiger partial charge in [0.15, 0.2) is 6.04 Å². The number of hydrogen-bond donors (Lipinski definition) is 2. The van der Waals surface area contributed by atoms with E-state index in [0.29, 0.717) is 19.7 Å². The molecular formula is C11H21N3O4. The first-order valence-electron chi connectivity index (χ1n) is 6.04. The molecule has 1 aliphatic rings. The minimum atomic E-state index is -1.02. The molecular weight excluding hydrogens is 238 g/mol.